The molecule has 0 radical (unpaired) electrons. The highest BCUT2D eigenvalue weighted by molar-refractivity contribution is 5.81. The Bertz CT molecular complexity index is 517. The zero-order chi connectivity index (χ0) is 16.7. The molecule has 3 fully saturated rings. The van der Waals surface area contributed by atoms with Crippen LogP contribution in [0.5, 0.6) is 0 Å². The molecule has 5 aliphatic rings. The zero-order valence-electron chi connectivity index (χ0n) is 15.4. The van der Waals surface area contributed by atoms with Gasteiger partial charge in [-0.15, -0.1) is 0 Å². The van der Waals surface area contributed by atoms with Gasteiger partial charge >= 0.3 is 0 Å². The van der Waals surface area contributed by atoms with Crippen molar-refractivity contribution >= 4 is 5.91 Å². The maximum absolute atomic E-state index is 12.8. The van der Waals surface area contributed by atoms with Crippen molar-refractivity contribution in [1.29, 1.82) is 0 Å². The normalized spacial score (nSPS) is 32.0. The van der Waals surface area contributed by atoms with E-state index in [0.717, 1.165) is 64.6 Å². The smallest absolute Gasteiger partial charge is 0.226 e. The SMILES string of the molecule is CC1(C)C2CC=C(CN(CCN3CCNCC3)C(=O)C3CC3)C1C2. The average molecular weight is 332 g/mol. The van der Waals surface area contributed by atoms with E-state index < -0.39 is 0 Å². The molecule has 0 aromatic rings. The summed E-state index contributed by atoms with van der Waals surface area (Å²) in [4.78, 5) is 17.5. The second-order valence-corrected chi connectivity index (χ2v) is 8.95. The minimum atomic E-state index is 0.333. The maximum Gasteiger partial charge on any atom is 0.226 e. The number of carbonyl (C=O) groups excluding carboxylic acids is 1. The molecule has 4 heteroatoms. The fourth-order valence-electron chi connectivity index (χ4n) is 4.93. The molecule has 4 aliphatic carbocycles. The first-order valence-electron chi connectivity index (χ1n) is 9.96. The molecule has 24 heavy (non-hydrogen) atoms. The fraction of sp³-hybridized carbons (Fsp3) is 0.850. The first-order chi connectivity index (χ1) is 11.6. The van der Waals surface area contributed by atoms with Crippen LogP contribution in [0.4, 0.5) is 0 Å². The molecule has 134 valence electrons. The number of nitrogens with one attached hydrogen (secondary N) is 1. The Morgan fingerprint density at radius 3 is 2.71 bits per heavy atom. The number of nitrogens with zero attached hydrogens (tertiary/aromatic N) is 2. The van der Waals surface area contributed by atoms with Crippen LogP contribution in [-0.2, 0) is 4.79 Å². The quantitative estimate of drug-likeness (QED) is 0.757. The summed E-state index contributed by atoms with van der Waals surface area (Å²) in [5.41, 5.74) is 2.01. The van der Waals surface area contributed by atoms with Crippen LogP contribution in [0.2, 0.25) is 0 Å². The molecule has 1 aliphatic heterocycles. The lowest BCUT2D eigenvalue weighted by Crippen LogP contribution is -2.51. The van der Waals surface area contributed by atoms with Gasteiger partial charge in [0, 0.05) is 51.7 Å². The summed E-state index contributed by atoms with van der Waals surface area (Å²) in [6.45, 7) is 12.1. The predicted molar refractivity (Wildman–Crippen MR) is 96.7 cm³/mol. The maximum atomic E-state index is 12.8. The minimum Gasteiger partial charge on any atom is -0.337 e. The second kappa shape index (κ2) is 6.45. The second-order valence-electron chi connectivity index (χ2n) is 8.95. The van der Waals surface area contributed by atoms with Crippen molar-refractivity contribution in [2.24, 2.45) is 23.2 Å². The van der Waals surface area contributed by atoms with Crippen molar-refractivity contribution in [2.75, 3.05) is 45.8 Å². The molecule has 1 N–H and O–H groups in total. The molecule has 0 aromatic carbocycles. The average Bonchev–Trinajstić information content (AvgIpc) is 3.44. The van der Waals surface area contributed by atoms with Crippen molar-refractivity contribution in [3.05, 3.63) is 11.6 Å². The summed E-state index contributed by atoms with van der Waals surface area (Å²) in [5.74, 6) is 2.34. The van der Waals surface area contributed by atoms with E-state index in [1.165, 1.54) is 12.8 Å². The fourth-order valence-corrected chi connectivity index (χ4v) is 4.93. The van der Waals surface area contributed by atoms with Crippen LogP contribution in [-0.4, -0.2) is 61.5 Å². The van der Waals surface area contributed by atoms with E-state index in [4.69, 9.17) is 0 Å². The topological polar surface area (TPSA) is 35.6 Å². The van der Waals surface area contributed by atoms with E-state index in [2.05, 4.69) is 35.0 Å². The van der Waals surface area contributed by atoms with Gasteiger partial charge in [-0.3, -0.25) is 9.69 Å². The monoisotopic (exact) mass is 331 g/mol. The molecule has 1 saturated heterocycles. The van der Waals surface area contributed by atoms with E-state index in [1.54, 1.807) is 5.57 Å². The van der Waals surface area contributed by atoms with Crippen molar-refractivity contribution in [1.82, 2.24) is 15.1 Å². The van der Waals surface area contributed by atoms with Gasteiger partial charge in [0.05, 0.1) is 0 Å². The van der Waals surface area contributed by atoms with Crippen LogP contribution < -0.4 is 5.32 Å². The highest BCUT2D eigenvalue weighted by atomic mass is 16.2. The summed E-state index contributed by atoms with van der Waals surface area (Å²) in [5, 5.41) is 3.41. The summed E-state index contributed by atoms with van der Waals surface area (Å²) in [6.07, 6.45) is 7.25. The van der Waals surface area contributed by atoms with Gasteiger partial charge in [0.1, 0.15) is 0 Å². The van der Waals surface area contributed by atoms with Crippen molar-refractivity contribution in [3.63, 3.8) is 0 Å². The number of hydrogen-bond donors (Lipinski definition) is 1. The molecular weight excluding hydrogens is 298 g/mol. The number of allylic oxidation sites excluding steroid dienone is 1. The molecule has 2 unspecified atom stereocenters. The third kappa shape index (κ3) is 3.15. The van der Waals surface area contributed by atoms with Gasteiger partial charge in [0.15, 0.2) is 0 Å². The molecule has 5 rings (SSSR count). The molecule has 2 bridgehead atoms. The molecule has 1 heterocycles. The van der Waals surface area contributed by atoms with Crippen LogP contribution in [0.25, 0.3) is 0 Å². The molecule has 1 amide bonds. The number of rotatable bonds is 6. The zero-order valence-corrected chi connectivity index (χ0v) is 15.4. The first kappa shape index (κ1) is 16.6. The molecule has 2 saturated carbocycles. The standard InChI is InChI=1S/C20H33N3O/c1-20(2)17-6-5-16(18(20)13-17)14-23(19(24)15-3-4-15)12-11-22-9-7-21-8-10-22/h5,15,17-18,21H,3-4,6-14H2,1-2H3. The third-order valence-electron chi connectivity index (χ3n) is 7.09. The van der Waals surface area contributed by atoms with Crippen LogP contribution in [0.1, 0.15) is 39.5 Å². The van der Waals surface area contributed by atoms with Crippen LogP contribution in [0.15, 0.2) is 11.6 Å². The van der Waals surface area contributed by atoms with Gasteiger partial charge in [-0.05, 0) is 42.9 Å². The van der Waals surface area contributed by atoms with E-state index in [0.29, 0.717) is 23.2 Å². The molecule has 0 spiro atoms. The largest absolute Gasteiger partial charge is 0.337 e. The predicted octanol–water partition coefficient (Wildman–Crippen LogP) is 2.12. The van der Waals surface area contributed by atoms with Gasteiger partial charge in [-0.1, -0.05) is 25.5 Å². The molecule has 2 atom stereocenters. The van der Waals surface area contributed by atoms with Gasteiger partial charge in [0.2, 0.25) is 5.91 Å². The molecule has 0 aromatic heterocycles. The molecular formula is C20H33N3O. The Balaban J connectivity index is 1.39. The number of piperazine rings is 1. The van der Waals surface area contributed by atoms with Gasteiger partial charge in [-0.25, -0.2) is 0 Å². The van der Waals surface area contributed by atoms with Crippen molar-refractivity contribution in [2.45, 2.75) is 39.5 Å². The van der Waals surface area contributed by atoms with E-state index in [-0.39, 0.29) is 0 Å². The Hall–Kier alpha value is -0.870. The Morgan fingerprint density at radius 1 is 1.33 bits per heavy atom. The number of amides is 1. The number of hydrogen-bond acceptors (Lipinski definition) is 3. The van der Waals surface area contributed by atoms with Crippen molar-refractivity contribution in [3.8, 4) is 0 Å². The van der Waals surface area contributed by atoms with Gasteiger partial charge < -0.3 is 10.2 Å². The Labute approximate surface area is 146 Å². The molecule has 4 nitrogen and oxygen atoms in total. The van der Waals surface area contributed by atoms with E-state index in [1.807, 2.05) is 0 Å². The summed E-state index contributed by atoms with van der Waals surface area (Å²) in [6, 6.07) is 0. The van der Waals surface area contributed by atoms with Crippen LogP contribution >= 0.6 is 0 Å². The highest BCUT2D eigenvalue weighted by Gasteiger charge is 2.51. The highest BCUT2D eigenvalue weighted by Crippen LogP contribution is 2.59. The lowest BCUT2D eigenvalue weighted by molar-refractivity contribution is -0.132. The number of carbonyl (C=O) groups is 1. The Morgan fingerprint density at radius 2 is 2.08 bits per heavy atom. The van der Waals surface area contributed by atoms with E-state index >= 15 is 0 Å². The lowest BCUT2D eigenvalue weighted by atomic mass is 9.49. The lowest BCUT2D eigenvalue weighted by Gasteiger charge is -2.57. The summed E-state index contributed by atoms with van der Waals surface area (Å²) in [7, 11) is 0. The van der Waals surface area contributed by atoms with Crippen molar-refractivity contribution < 1.29 is 4.79 Å². The first-order valence-corrected chi connectivity index (χ1v) is 9.96. The van der Waals surface area contributed by atoms with Crippen LogP contribution in [0, 0.1) is 23.2 Å². The minimum absolute atomic E-state index is 0.333. The van der Waals surface area contributed by atoms with E-state index in [9.17, 15) is 4.79 Å². The summed E-state index contributed by atoms with van der Waals surface area (Å²) >= 11 is 0. The van der Waals surface area contributed by atoms with Gasteiger partial charge in [-0.2, -0.15) is 0 Å². The third-order valence-corrected chi connectivity index (χ3v) is 7.09. The van der Waals surface area contributed by atoms with Gasteiger partial charge in [0.25, 0.3) is 0 Å². The number of fused-ring (bicyclic) bond motifs is 1. The van der Waals surface area contributed by atoms with Crippen LogP contribution in [0.3, 0.4) is 0 Å². The Kier molecular flexibility index (Phi) is 4.46. The summed E-state index contributed by atoms with van der Waals surface area (Å²) < 4.78 is 0.